The van der Waals surface area contributed by atoms with Crippen molar-refractivity contribution >= 4 is 12.4 Å². The molecule has 0 aliphatic carbocycles. The van der Waals surface area contributed by atoms with Gasteiger partial charge in [-0.2, -0.15) is 0 Å². The quantitative estimate of drug-likeness (QED) is 0.455. The molecule has 0 bridgehead atoms. The van der Waals surface area contributed by atoms with Crippen molar-refractivity contribution in [2.75, 3.05) is 21.1 Å². The van der Waals surface area contributed by atoms with Crippen LogP contribution in [0.15, 0.2) is 0 Å². The van der Waals surface area contributed by atoms with E-state index >= 15 is 0 Å². The van der Waals surface area contributed by atoms with Gasteiger partial charge in [-0.3, -0.25) is 16.0 Å². The Bertz CT molecular complexity index is 32.8. The maximum absolute atomic E-state index is 2.98. The van der Waals surface area contributed by atoms with E-state index in [9.17, 15) is 0 Å². The molecule has 0 saturated carbocycles. The Labute approximate surface area is 56.6 Å². The Morgan fingerprint density at radius 1 is 0.875 bits per heavy atom. The highest BCUT2D eigenvalue weighted by Gasteiger charge is 1.91. The van der Waals surface area contributed by atoms with Gasteiger partial charge >= 0.3 is 0 Å². The van der Waals surface area contributed by atoms with Crippen molar-refractivity contribution in [3.8, 4) is 0 Å². The highest BCUT2D eigenvalue weighted by molar-refractivity contribution is 5.85. The summed E-state index contributed by atoms with van der Waals surface area (Å²) in [7, 11) is 5.66. The van der Waals surface area contributed by atoms with Gasteiger partial charge in [-0.15, -0.1) is 12.4 Å². The van der Waals surface area contributed by atoms with Crippen LogP contribution >= 0.6 is 12.4 Å². The molecule has 52 valence electrons. The topological polar surface area (TPSA) is 36.1 Å². The van der Waals surface area contributed by atoms with E-state index in [-0.39, 0.29) is 18.7 Å². The summed E-state index contributed by atoms with van der Waals surface area (Å²) >= 11 is 0. The minimum Gasteiger partial charge on any atom is -0.293 e. The van der Waals surface area contributed by atoms with Crippen molar-refractivity contribution in [2.45, 2.75) is 6.29 Å². The minimum atomic E-state index is 0. The van der Waals surface area contributed by atoms with Gasteiger partial charge in [0.1, 0.15) is 6.29 Å². The number of hydrogen-bond donors (Lipinski definition) is 3. The Balaban J connectivity index is 0. The predicted molar refractivity (Wildman–Crippen MR) is 38.2 cm³/mol. The molecule has 0 heterocycles. The maximum atomic E-state index is 2.98. The highest BCUT2D eigenvalue weighted by Crippen LogP contribution is 1.56. The number of nitrogens with one attached hydrogen (secondary N) is 3. The number of rotatable bonds is 3. The summed E-state index contributed by atoms with van der Waals surface area (Å²) in [5.41, 5.74) is 0. The molecule has 0 spiro atoms. The first-order valence-corrected chi connectivity index (χ1v) is 2.37. The standard InChI is InChI=1S/C4H13N3.ClH/c1-5-4(6-2)7-3;/h4-7H,1-3H3;1H. The summed E-state index contributed by atoms with van der Waals surface area (Å²) < 4.78 is 0. The van der Waals surface area contributed by atoms with Gasteiger partial charge in [-0.25, -0.2) is 0 Å². The SMILES string of the molecule is CNC(NC)NC.Cl. The van der Waals surface area contributed by atoms with Crippen molar-refractivity contribution in [1.29, 1.82) is 0 Å². The van der Waals surface area contributed by atoms with Crippen LogP contribution in [0, 0.1) is 0 Å². The Hall–Kier alpha value is 0.170. The van der Waals surface area contributed by atoms with Crippen molar-refractivity contribution in [3.05, 3.63) is 0 Å². The molecule has 0 aliphatic rings. The van der Waals surface area contributed by atoms with Crippen LogP contribution in [0.25, 0.3) is 0 Å². The first-order valence-electron chi connectivity index (χ1n) is 2.37. The van der Waals surface area contributed by atoms with Crippen LogP contribution in [-0.4, -0.2) is 27.4 Å². The summed E-state index contributed by atoms with van der Waals surface area (Å²) in [6, 6.07) is 0. The van der Waals surface area contributed by atoms with Crippen molar-refractivity contribution in [3.63, 3.8) is 0 Å². The van der Waals surface area contributed by atoms with E-state index in [1.807, 2.05) is 21.1 Å². The lowest BCUT2D eigenvalue weighted by Gasteiger charge is -2.11. The summed E-state index contributed by atoms with van der Waals surface area (Å²) in [5, 5.41) is 8.94. The smallest absolute Gasteiger partial charge is 0.111 e. The Morgan fingerprint density at radius 3 is 1.12 bits per heavy atom. The van der Waals surface area contributed by atoms with Crippen LogP contribution in [0.4, 0.5) is 0 Å². The van der Waals surface area contributed by atoms with Crippen LogP contribution in [0.3, 0.4) is 0 Å². The lowest BCUT2D eigenvalue weighted by molar-refractivity contribution is 0.436. The van der Waals surface area contributed by atoms with Gasteiger partial charge in [0.25, 0.3) is 0 Å². The van der Waals surface area contributed by atoms with Gasteiger partial charge in [0.15, 0.2) is 0 Å². The molecular weight excluding hydrogens is 126 g/mol. The van der Waals surface area contributed by atoms with Crippen molar-refractivity contribution in [2.24, 2.45) is 0 Å². The third-order valence-electron chi connectivity index (χ3n) is 0.866. The van der Waals surface area contributed by atoms with Crippen molar-refractivity contribution < 1.29 is 0 Å². The highest BCUT2D eigenvalue weighted by atomic mass is 35.5. The molecule has 0 unspecified atom stereocenters. The van der Waals surface area contributed by atoms with E-state index in [1.54, 1.807) is 0 Å². The zero-order valence-electron chi connectivity index (χ0n) is 5.49. The molecule has 0 fully saturated rings. The molecule has 0 aromatic heterocycles. The molecule has 0 radical (unpaired) electrons. The normalized spacial score (nSPS) is 9.00. The molecule has 3 N–H and O–H groups in total. The second-order valence-electron chi connectivity index (χ2n) is 1.30. The molecule has 8 heavy (non-hydrogen) atoms. The molecular formula is C4H14ClN3. The fraction of sp³-hybridized carbons (Fsp3) is 1.00. The molecule has 3 nitrogen and oxygen atoms in total. The summed E-state index contributed by atoms with van der Waals surface area (Å²) in [4.78, 5) is 0. The van der Waals surface area contributed by atoms with E-state index in [4.69, 9.17) is 0 Å². The molecule has 0 saturated heterocycles. The fourth-order valence-corrected chi connectivity index (χ4v) is 0.433. The number of hydrogen-bond acceptors (Lipinski definition) is 3. The van der Waals surface area contributed by atoms with Gasteiger partial charge in [0.2, 0.25) is 0 Å². The molecule has 0 amide bonds. The van der Waals surface area contributed by atoms with Gasteiger partial charge in [-0.1, -0.05) is 0 Å². The lowest BCUT2D eigenvalue weighted by Crippen LogP contribution is -2.47. The zero-order valence-corrected chi connectivity index (χ0v) is 6.30. The number of halogens is 1. The molecule has 0 aromatic carbocycles. The second kappa shape index (κ2) is 7.17. The summed E-state index contributed by atoms with van der Waals surface area (Å²) in [5.74, 6) is 0. The lowest BCUT2D eigenvalue weighted by atomic mass is 10.8. The average Bonchev–Trinajstić information content (AvgIpc) is 1.72. The third-order valence-corrected chi connectivity index (χ3v) is 0.866. The summed E-state index contributed by atoms with van der Waals surface area (Å²) in [6.07, 6.45) is 0.236. The van der Waals surface area contributed by atoms with Crippen LogP contribution in [0.5, 0.6) is 0 Å². The van der Waals surface area contributed by atoms with E-state index in [2.05, 4.69) is 16.0 Å². The molecule has 4 heteroatoms. The first kappa shape index (κ1) is 11.0. The minimum absolute atomic E-state index is 0. The second-order valence-corrected chi connectivity index (χ2v) is 1.30. The zero-order chi connectivity index (χ0) is 5.70. The van der Waals surface area contributed by atoms with Gasteiger partial charge in [0.05, 0.1) is 0 Å². The first-order chi connectivity index (χ1) is 3.35. The average molecular weight is 140 g/mol. The monoisotopic (exact) mass is 139 g/mol. The van der Waals surface area contributed by atoms with Crippen molar-refractivity contribution in [1.82, 2.24) is 16.0 Å². The molecule has 0 aromatic rings. The predicted octanol–water partition coefficient (Wildman–Crippen LogP) is -0.650. The van der Waals surface area contributed by atoms with Gasteiger partial charge in [-0.05, 0) is 21.1 Å². The van der Waals surface area contributed by atoms with Crippen LogP contribution in [0.1, 0.15) is 0 Å². The van der Waals surface area contributed by atoms with E-state index in [0.717, 1.165) is 0 Å². The molecule has 0 atom stereocenters. The molecule has 0 aliphatic heterocycles. The largest absolute Gasteiger partial charge is 0.293 e. The fourth-order valence-electron chi connectivity index (χ4n) is 0.433. The van der Waals surface area contributed by atoms with E-state index < -0.39 is 0 Å². The van der Waals surface area contributed by atoms with Crippen LogP contribution in [-0.2, 0) is 0 Å². The Morgan fingerprint density at radius 2 is 1.12 bits per heavy atom. The third kappa shape index (κ3) is 4.33. The summed E-state index contributed by atoms with van der Waals surface area (Å²) in [6.45, 7) is 0. The van der Waals surface area contributed by atoms with E-state index in [1.165, 1.54) is 0 Å². The van der Waals surface area contributed by atoms with Gasteiger partial charge in [0, 0.05) is 0 Å². The van der Waals surface area contributed by atoms with Crippen LogP contribution in [0.2, 0.25) is 0 Å². The Kier molecular flexibility index (Phi) is 9.89. The van der Waals surface area contributed by atoms with Gasteiger partial charge < -0.3 is 0 Å². The van der Waals surface area contributed by atoms with E-state index in [0.29, 0.717) is 0 Å². The maximum Gasteiger partial charge on any atom is 0.111 e. The molecule has 0 rings (SSSR count). The van der Waals surface area contributed by atoms with Crippen LogP contribution < -0.4 is 16.0 Å².